The van der Waals surface area contributed by atoms with Crippen LogP contribution in [0.1, 0.15) is 36.0 Å². The summed E-state index contributed by atoms with van der Waals surface area (Å²) in [6.07, 6.45) is 2.11. The van der Waals surface area contributed by atoms with Gasteiger partial charge >= 0.3 is 6.03 Å². The Hall–Kier alpha value is -2.89. The number of amides is 3. The summed E-state index contributed by atoms with van der Waals surface area (Å²) < 4.78 is 13.2. The van der Waals surface area contributed by atoms with Crippen molar-refractivity contribution in [2.75, 3.05) is 13.1 Å². The molecule has 0 radical (unpaired) electrons. The lowest BCUT2D eigenvalue weighted by molar-refractivity contribution is -0.122. The number of hydrogen-bond acceptors (Lipinski definition) is 2. The molecule has 0 spiro atoms. The molecule has 0 aromatic heterocycles. The summed E-state index contributed by atoms with van der Waals surface area (Å²) in [4.78, 5) is 26.3. The van der Waals surface area contributed by atoms with Gasteiger partial charge in [-0.25, -0.2) is 9.18 Å². The highest BCUT2D eigenvalue weighted by Gasteiger charge is 2.24. The highest BCUT2D eigenvalue weighted by atomic mass is 19.1. The number of nitrogens with one attached hydrogen (secondary N) is 2. The Bertz CT molecular complexity index is 848. The van der Waals surface area contributed by atoms with E-state index in [-0.39, 0.29) is 17.8 Å². The minimum atomic E-state index is -0.307. The van der Waals surface area contributed by atoms with E-state index in [0.717, 1.165) is 24.0 Å². The average Bonchev–Trinajstić information content (AvgIpc) is 2.72. The summed E-state index contributed by atoms with van der Waals surface area (Å²) in [5, 5.41) is 5.84. The summed E-state index contributed by atoms with van der Waals surface area (Å²) >= 11 is 0. The molecule has 29 heavy (non-hydrogen) atoms. The molecule has 3 rings (SSSR count). The second-order valence-electron chi connectivity index (χ2n) is 7.63. The third kappa shape index (κ3) is 6.31. The molecule has 5 nitrogen and oxygen atoms in total. The number of nitrogens with zero attached hydrogens (tertiary/aromatic N) is 1. The van der Waals surface area contributed by atoms with Gasteiger partial charge in [-0.05, 0) is 54.5 Å². The summed E-state index contributed by atoms with van der Waals surface area (Å²) in [6, 6.07) is 14.1. The van der Waals surface area contributed by atoms with Crippen LogP contribution in [0.2, 0.25) is 0 Å². The highest BCUT2D eigenvalue weighted by molar-refractivity contribution is 5.76. The van der Waals surface area contributed by atoms with Crippen LogP contribution in [0.25, 0.3) is 0 Å². The second kappa shape index (κ2) is 10.0. The molecular weight excluding hydrogens is 369 g/mol. The first-order valence-corrected chi connectivity index (χ1v) is 10.1. The first-order valence-electron chi connectivity index (χ1n) is 10.1. The zero-order chi connectivity index (χ0) is 20.6. The molecule has 2 N–H and O–H groups in total. The molecule has 1 fully saturated rings. The van der Waals surface area contributed by atoms with Crippen molar-refractivity contribution < 1.29 is 14.0 Å². The maximum Gasteiger partial charge on any atom is 0.317 e. The minimum absolute atomic E-state index is 0.0576. The summed E-state index contributed by atoms with van der Waals surface area (Å²) in [6.45, 7) is 4.15. The number of piperidine rings is 1. The van der Waals surface area contributed by atoms with E-state index in [0.29, 0.717) is 38.5 Å². The van der Waals surface area contributed by atoms with E-state index in [1.54, 1.807) is 17.0 Å². The molecule has 2 aromatic rings. The average molecular weight is 397 g/mol. The monoisotopic (exact) mass is 397 g/mol. The van der Waals surface area contributed by atoms with E-state index in [9.17, 15) is 14.0 Å². The summed E-state index contributed by atoms with van der Waals surface area (Å²) in [5.41, 5.74) is 3.04. The van der Waals surface area contributed by atoms with Crippen LogP contribution in [0.15, 0.2) is 48.5 Å². The maximum absolute atomic E-state index is 13.2. The van der Waals surface area contributed by atoms with Crippen LogP contribution in [0.5, 0.6) is 0 Å². The fourth-order valence-electron chi connectivity index (χ4n) is 3.61. The van der Waals surface area contributed by atoms with Gasteiger partial charge in [0.2, 0.25) is 5.91 Å². The molecule has 0 bridgehead atoms. The van der Waals surface area contributed by atoms with E-state index in [4.69, 9.17) is 0 Å². The van der Waals surface area contributed by atoms with Crippen LogP contribution < -0.4 is 10.6 Å². The first kappa shape index (κ1) is 20.8. The van der Waals surface area contributed by atoms with Gasteiger partial charge in [0.1, 0.15) is 5.82 Å². The minimum Gasteiger partial charge on any atom is -0.352 e. The van der Waals surface area contributed by atoms with E-state index >= 15 is 0 Å². The van der Waals surface area contributed by atoms with Gasteiger partial charge in [-0.1, -0.05) is 36.4 Å². The van der Waals surface area contributed by atoms with E-state index in [2.05, 4.69) is 10.6 Å². The Morgan fingerprint density at radius 3 is 2.52 bits per heavy atom. The van der Waals surface area contributed by atoms with Crippen molar-refractivity contribution >= 4 is 11.9 Å². The number of carbonyl (C=O) groups is 2. The lowest BCUT2D eigenvalue weighted by Crippen LogP contribution is -2.44. The molecule has 0 unspecified atom stereocenters. The molecule has 1 aliphatic rings. The highest BCUT2D eigenvalue weighted by Crippen LogP contribution is 2.20. The predicted octanol–water partition coefficient (Wildman–Crippen LogP) is 3.76. The van der Waals surface area contributed by atoms with Crippen molar-refractivity contribution in [3.63, 3.8) is 0 Å². The Balaban J connectivity index is 1.36. The standard InChI is InChI=1S/C23H28FN3O2/c1-17-5-2-3-7-20(17)16-25-22(28)14-18-9-11-27(12-10-18)23(29)26-15-19-6-4-8-21(24)13-19/h2-8,13,18H,9-12,14-16H2,1H3,(H,25,28)(H,26,29). The van der Waals surface area contributed by atoms with Crippen LogP contribution >= 0.6 is 0 Å². The first-order chi connectivity index (χ1) is 14.0. The van der Waals surface area contributed by atoms with Gasteiger partial charge in [-0.3, -0.25) is 4.79 Å². The summed E-state index contributed by atoms with van der Waals surface area (Å²) in [5.74, 6) is 0.0414. The van der Waals surface area contributed by atoms with Crippen molar-refractivity contribution in [3.8, 4) is 0 Å². The molecule has 1 aliphatic heterocycles. The smallest absolute Gasteiger partial charge is 0.317 e. The molecule has 1 heterocycles. The van der Waals surface area contributed by atoms with E-state index in [1.807, 2.05) is 31.2 Å². The van der Waals surface area contributed by atoms with E-state index in [1.165, 1.54) is 17.7 Å². The molecule has 0 atom stereocenters. The number of likely N-dealkylation sites (tertiary alicyclic amines) is 1. The van der Waals surface area contributed by atoms with E-state index < -0.39 is 0 Å². The van der Waals surface area contributed by atoms with Crippen molar-refractivity contribution in [1.82, 2.24) is 15.5 Å². The van der Waals surface area contributed by atoms with Crippen molar-refractivity contribution in [3.05, 3.63) is 71.0 Å². The van der Waals surface area contributed by atoms with Crippen molar-refractivity contribution in [2.24, 2.45) is 5.92 Å². The fourth-order valence-corrected chi connectivity index (χ4v) is 3.61. The molecular formula is C23H28FN3O2. The Kier molecular flexibility index (Phi) is 7.22. The number of aryl methyl sites for hydroxylation is 1. The molecule has 0 saturated carbocycles. The number of hydrogen-bond donors (Lipinski definition) is 2. The summed E-state index contributed by atoms with van der Waals surface area (Å²) in [7, 11) is 0. The molecule has 6 heteroatoms. The van der Waals surface area contributed by atoms with Gasteiger partial charge in [-0.15, -0.1) is 0 Å². The molecule has 0 aliphatic carbocycles. The van der Waals surface area contributed by atoms with Gasteiger partial charge in [0.15, 0.2) is 0 Å². The normalized spacial score (nSPS) is 14.5. The Morgan fingerprint density at radius 2 is 1.79 bits per heavy atom. The van der Waals surface area contributed by atoms with Gasteiger partial charge in [-0.2, -0.15) is 0 Å². The Morgan fingerprint density at radius 1 is 1.03 bits per heavy atom. The number of benzene rings is 2. The SMILES string of the molecule is Cc1ccccc1CNC(=O)CC1CCN(C(=O)NCc2cccc(F)c2)CC1. The second-order valence-corrected chi connectivity index (χ2v) is 7.63. The molecule has 2 aromatic carbocycles. The van der Waals surface area contributed by atoms with Gasteiger partial charge in [0.05, 0.1) is 0 Å². The zero-order valence-corrected chi connectivity index (χ0v) is 16.8. The topological polar surface area (TPSA) is 61.4 Å². The predicted molar refractivity (Wildman–Crippen MR) is 111 cm³/mol. The van der Waals surface area contributed by atoms with Crippen LogP contribution in [-0.4, -0.2) is 29.9 Å². The van der Waals surface area contributed by atoms with Gasteiger partial charge in [0.25, 0.3) is 0 Å². The molecule has 154 valence electrons. The largest absolute Gasteiger partial charge is 0.352 e. The third-order valence-electron chi connectivity index (χ3n) is 5.45. The van der Waals surface area contributed by atoms with Crippen LogP contribution in [0.3, 0.4) is 0 Å². The quantitative estimate of drug-likeness (QED) is 0.780. The number of halogens is 1. The van der Waals surface area contributed by atoms with Crippen LogP contribution in [0.4, 0.5) is 9.18 Å². The molecule has 1 saturated heterocycles. The third-order valence-corrected chi connectivity index (χ3v) is 5.45. The van der Waals surface area contributed by atoms with Crippen LogP contribution in [-0.2, 0) is 17.9 Å². The van der Waals surface area contributed by atoms with Crippen LogP contribution in [0, 0.1) is 18.7 Å². The lowest BCUT2D eigenvalue weighted by Gasteiger charge is -2.31. The number of rotatable bonds is 6. The van der Waals surface area contributed by atoms with Gasteiger partial charge < -0.3 is 15.5 Å². The van der Waals surface area contributed by atoms with Crippen molar-refractivity contribution in [2.45, 2.75) is 39.3 Å². The fraction of sp³-hybridized carbons (Fsp3) is 0.391. The van der Waals surface area contributed by atoms with Crippen molar-refractivity contribution in [1.29, 1.82) is 0 Å². The zero-order valence-electron chi connectivity index (χ0n) is 16.8. The number of carbonyl (C=O) groups excluding carboxylic acids is 2. The lowest BCUT2D eigenvalue weighted by atomic mass is 9.93. The molecule has 3 amide bonds. The maximum atomic E-state index is 13.2. The number of urea groups is 1. The van der Waals surface area contributed by atoms with Gasteiger partial charge in [0, 0.05) is 32.6 Å². The Labute approximate surface area is 171 Å².